The number of rotatable bonds is 5. The first-order valence-electron chi connectivity index (χ1n) is 9.36. The van der Waals surface area contributed by atoms with E-state index in [1.54, 1.807) is 24.2 Å². The molecule has 3 aromatic rings. The zero-order valence-electron chi connectivity index (χ0n) is 15.6. The summed E-state index contributed by atoms with van der Waals surface area (Å²) in [5, 5.41) is 1.01. The number of benzene rings is 1. The molecule has 0 aliphatic carbocycles. The molecule has 1 amide bonds. The molecule has 2 aromatic heterocycles. The van der Waals surface area contributed by atoms with E-state index in [2.05, 4.69) is 20.9 Å². The van der Waals surface area contributed by atoms with Crippen LogP contribution in [0, 0.1) is 0 Å². The third-order valence-corrected chi connectivity index (χ3v) is 5.82. The van der Waals surface area contributed by atoms with Crippen molar-refractivity contribution in [3.63, 3.8) is 0 Å². The highest BCUT2D eigenvalue weighted by molar-refractivity contribution is 7.98. The number of carbonyl (C=O) groups excluding carboxylic acids is 1. The zero-order valence-corrected chi connectivity index (χ0v) is 16.4. The molecule has 1 aliphatic rings. The lowest BCUT2D eigenvalue weighted by Gasteiger charge is -2.36. The maximum atomic E-state index is 12.8. The van der Waals surface area contributed by atoms with E-state index in [4.69, 9.17) is 0 Å². The minimum absolute atomic E-state index is 0.106. The van der Waals surface area contributed by atoms with E-state index in [-0.39, 0.29) is 5.91 Å². The molecule has 1 aromatic carbocycles. The number of carbonyl (C=O) groups is 1. The highest BCUT2D eigenvalue weighted by Gasteiger charge is 2.22. The van der Waals surface area contributed by atoms with Gasteiger partial charge in [0.05, 0.1) is 16.9 Å². The van der Waals surface area contributed by atoms with Crippen molar-refractivity contribution in [2.45, 2.75) is 10.8 Å². The molecule has 1 fully saturated rings. The van der Waals surface area contributed by atoms with Crippen LogP contribution in [0.2, 0.25) is 0 Å². The Bertz CT molecular complexity index is 895. The first-order valence-corrected chi connectivity index (χ1v) is 10.4. The summed E-state index contributed by atoms with van der Waals surface area (Å²) in [6.07, 6.45) is 5.46. The molecule has 0 bridgehead atoms. The van der Waals surface area contributed by atoms with Gasteiger partial charge in [-0.15, -0.1) is 11.8 Å². The molecule has 28 heavy (non-hydrogen) atoms. The number of pyridine rings is 2. The maximum Gasteiger partial charge on any atom is 0.253 e. The molecule has 3 heterocycles. The summed E-state index contributed by atoms with van der Waals surface area (Å²) < 4.78 is 0. The van der Waals surface area contributed by atoms with Crippen LogP contribution >= 0.6 is 11.8 Å². The Kier molecular flexibility index (Phi) is 5.87. The number of hydrogen-bond donors (Lipinski definition) is 0. The second kappa shape index (κ2) is 8.89. The minimum atomic E-state index is 0.106. The molecule has 0 unspecified atom stereocenters. The molecule has 1 saturated heterocycles. The molecule has 0 spiro atoms. The Labute approximate surface area is 169 Å². The van der Waals surface area contributed by atoms with Gasteiger partial charge < -0.3 is 9.80 Å². The predicted molar refractivity (Wildman–Crippen MR) is 113 cm³/mol. The molecule has 0 saturated carbocycles. The Hall–Kier alpha value is -2.86. The van der Waals surface area contributed by atoms with E-state index < -0.39 is 0 Å². The smallest absolute Gasteiger partial charge is 0.253 e. The lowest BCUT2D eigenvalue weighted by Crippen LogP contribution is -2.48. The Morgan fingerprint density at radius 3 is 2.43 bits per heavy atom. The third kappa shape index (κ3) is 4.51. The summed E-state index contributed by atoms with van der Waals surface area (Å²) in [5.41, 5.74) is 3.05. The van der Waals surface area contributed by atoms with Crippen LogP contribution < -0.4 is 4.90 Å². The van der Waals surface area contributed by atoms with Gasteiger partial charge >= 0.3 is 0 Å². The van der Waals surface area contributed by atoms with E-state index in [1.165, 1.54) is 5.56 Å². The van der Waals surface area contributed by atoms with Crippen molar-refractivity contribution >= 4 is 23.4 Å². The van der Waals surface area contributed by atoms with Crippen LogP contribution in [0.4, 0.5) is 5.69 Å². The first kappa shape index (κ1) is 18.5. The van der Waals surface area contributed by atoms with E-state index in [1.807, 2.05) is 59.6 Å². The summed E-state index contributed by atoms with van der Waals surface area (Å²) in [4.78, 5) is 25.5. The zero-order chi connectivity index (χ0) is 19.2. The SMILES string of the molecule is O=C(c1ccc(CSc2ccccn2)cc1)N1CCN(c2cccnc2)CC1. The van der Waals surface area contributed by atoms with Crippen molar-refractivity contribution in [1.29, 1.82) is 0 Å². The van der Waals surface area contributed by atoms with Gasteiger partial charge in [0.15, 0.2) is 0 Å². The Balaban J connectivity index is 1.31. The number of nitrogens with zero attached hydrogens (tertiary/aromatic N) is 4. The van der Waals surface area contributed by atoms with Gasteiger partial charge in [-0.25, -0.2) is 4.98 Å². The van der Waals surface area contributed by atoms with Gasteiger partial charge in [-0.05, 0) is 42.0 Å². The molecule has 0 atom stereocenters. The van der Waals surface area contributed by atoms with E-state index in [9.17, 15) is 4.79 Å². The van der Waals surface area contributed by atoms with Gasteiger partial charge in [-0.1, -0.05) is 18.2 Å². The number of hydrogen-bond acceptors (Lipinski definition) is 5. The van der Waals surface area contributed by atoms with Gasteiger partial charge in [-0.2, -0.15) is 0 Å². The molecule has 0 N–H and O–H groups in total. The molecule has 1 aliphatic heterocycles. The largest absolute Gasteiger partial charge is 0.367 e. The molecule has 0 radical (unpaired) electrons. The lowest BCUT2D eigenvalue weighted by atomic mass is 10.1. The maximum absolute atomic E-state index is 12.8. The number of thioether (sulfide) groups is 1. The fourth-order valence-corrected chi connectivity index (χ4v) is 4.04. The summed E-state index contributed by atoms with van der Waals surface area (Å²) in [7, 11) is 0. The fourth-order valence-electron chi connectivity index (χ4n) is 3.22. The van der Waals surface area contributed by atoms with Gasteiger partial charge in [-0.3, -0.25) is 9.78 Å². The van der Waals surface area contributed by atoms with Crippen molar-refractivity contribution in [3.05, 3.63) is 84.3 Å². The summed E-state index contributed by atoms with van der Waals surface area (Å²) in [5.74, 6) is 0.949. The summed E-state index contributed by atoms with van der Waals surface area (Å²) in [6, 6.07) is 17.9. The fraction of sp³-hybridized carbons (Fsp3) is 0.227. The Morgan fingerprint density at radius 1 is 0.929 bits per heavy atom. The molecular formula is C22H22N4OS. The Morgan fingerprint density at radius 2 is 1.75 bits per heavy atom. The number of anilines is 1. The molecule has 6 heteroatoms. The van der Waals surface area contributed by atoms with Crippen LogP contribution in [-0.2, 0) is 5.75 Å². The highest BCUT2D eigenvalue weighted by atomic mass is 32.2. The average molecular weight is 391 g/mol. The normalized spacial score (nSPS) is 14.1. The van der Waals surface area contributed by atoms with E-state index in [0.717, 1.165) is 48.2 Å². The number of piperazine rings is 1. The number of aromatic nitrogens is 2. The van der Waals surface area contributed by atoms with Crippen LogP contribution in [0.3, 0.4) is 0 Å². The van der Waals surface area contributed by atoms with Gasteiger partial charge in [0.1, 0.15) is 0 Å². The average Bonchev–Trinajstić information content (AvgIpc) is 2.79. The predicted octanol–water partition coefficient (Wildman–Crippen LogP) is 3.73. The van der Waals surface area contributed by atoms with Crippen LogP contribution in [-0.4, -0.2) is 47.0 Å². The lowest BCUT2D eigenvalue weighted by molar-refractivity contribution is 0.0747. The van der Waals surface area contributed by atoms with Crippen LogP contribution in [0.15, 0.2) is 78.2 Å². The van der Waals surface area contributed by atoms with E-state index >= 15 is 0 Å². The molecule has 5 nitrogen and oxygen atoms in total. The van der Waals surface area contributed by atoms with Crippen molar-refractivity contribution < 1.29 is 4.79 Å². The van der Waals surface area contributed by atoms with Crippen molar-refractivity contribution in [2.75, 3.05) is 31.1 Å². The van der Waals surface area contributed by atoms with Crippen molar-refractivity contribution in [3.8, 4) is 0 Å². The third-order valence-electron chi connectivity index (χ3n) is 4.80. The summed E-state index contributed by atoms with van der Waals surface area (Å²) in [6.45, 7) is 3.11. The van der Waals surface area contributed by atoms with Gasteiger partial charge in [0, 0.05) is 49.9 Å². The van der Waals surface area contributed by atoms with Gasteiger partial charge in [0.2, 0.25) is 0 Å². The van der Waals surface area contributed by atoms with Crippen LogP contribution in [0.25, 0.3) is 0 Å². The van der Waals surface area contributed by atoms with Crippen LogP contribution in [0.1, 0.15) is 15.9 Å². The van der Waals surface area contributed by atoms with Crippen LogP contribution in [0.5, 0.6) is 0 Å². The molecule has 142 valence electrons. The quantitative estimate of drug-likeness (QED) is 0.621. The van der Waals surface area contributed by atoms with Crippen molar-refractivity contribution in [1.82, 2.24) is 14.9 Å². The first-order chi connectivity index (χ1) is 13.8. The highest BCUT2D eigenvalue weighted by Crippen LogP contribution is 2.21. The monoisotopic (exact) mass is 390 g/mol. The van der Waals surface area contributed by atoms with Gasteiger partial charge in [0.25, 0.3) is 5.91 Å². The summed E-state index contributed by atoms with van der Waals surface area (Å²) >= 11 is 1.70. The molecule has 4 rings (SSSR count). The minimum Gasteiger partial charge on any atom is -0.367 e. The molecular weight excluding hydrogens is 368 g/mol. The van der Waals surface area contributed by atoms with Crippen molar-refractivity contribution in [2.24, 2.45) is 0 Å². The number of amides is 1. The topological polar surface area (TPSA) is 49.3 Å². The second-order valence-corrected chi connectivity index (χ2v) is 7.64. The van der Waals surface area contributed by atoms with E-state index in [0.29, 0.717) is 0 Å². The standard InChI is InChI=1S/C22H22N4OS/c27-22(26-14-12-25(13-15-26)20-4-3-10-23-16-20)19-8-6-18(7-9-19)17-28-21-5-1-2-11-24-21/h1-11,16H,12-15,17H2. The second-order valence-electron chi connectivity index (χ2n) is 6.64.